The van der Waals surface area contributed by atoms with Crippen LogP contribution in [0.5, 0.6) is 0 Å². The van der Waals surface area contributed by atoms with Gasteiger partial charge in [0.1, 0.15) is 0 Å². The molecule has 1 amide bonds. The summed E-state index contributed by atoms with van der Waals surface area (Å²) >= 11 is 0. The number of hydrogen-bond acceptors (Lipinski definition) is 3. The van der Waals surface area contributed by atoms with E-state index in [9.17, 15) is 9.59 Å². The van der Waals surface area contributed by atoms with Crippen molar-refractivity contribution in [2.45, 2.75) is 44.1 Å². The second kappa shape index (κ2) is 5.04. The Morgan fingerprint density at radius 1 is 1.35 bits per heavy atom. The first-order chi connectivity index (χ1) is 8.11. The fraction of sp³-hybridized carbons (Fsp3) is 0.833. The molecule has 3 N–H and O–H groups in total. The molecule has 1 aliphatic heterocycles. The number of piperidine rings is 1. The van der Waals surface area contributed by atoms with Gasteiger partial charge in [0, 0.05) is 6.54 Å². The number of rotatable bonds is 4. The lowest BCUT2D eigenvalue weighted by Crippen LogP contribution is -2.57. The lowest BCUT2D eigenvalue weighted by molar-refractivity contribution is -0.140. The Balaban J connectivity index is 1.89. The van der Waals surface area contributed by atoms with Crippen molar-refractivity contribution < 1.29 is 14.7 Å². The maximum atomic E-state index is 12.0. The zero-order valence-corrected chi connectivity index (χ0v) is 10.00. The minimum Gasteiger partial charge on any atom is -0.481 e. The van der Waals surface area contributed by atoms with E-state index in [1.165, 1.54) is 0 Å². The van der Waals surface area contributed by atoms with Gasteiger partial charge in [-0.1, -0.05) is 0 Å². The number of hydrogen-bond donors (Lipinski definition) is 3. The molecular weight excluding hydrogens is 220 g/mol. The zero-order valence-electron chi connectivity index (χ0n) is 10.00. The highest BCUT2D eigenvalue weighted by Gasteiger charge is 2.41. The van der Waals surface area contributed by atoms with Crippen molar-refractivity contribution in [1.82, 2.24) is 10.6 Å². The van der Waals surface area contributed by atoms with Crippen LogP contribution in [0.3, 0.4) is 0 Å². The summed E-state index contributed by atoms with van der Waals surface area (Å²) in [6.45, 7) is 1.69. The molecule has 96 valence electrons. The number of carbonyl (C=O) groups is 2. The number of nitrogens with one attached hydrogen (secondary N) is 2. The topological polar surface area (TPSA) is 78.4 Å². The molecular formula is C12H20N2O3. The molecule has 0 aromatic rings. The molecule has 1 atom stereocenters. The predicted octanol–water partition coefficient (Wildman–Crippen LogP) is 0.500. The molecule has 0 aromatic carbocycles. The van der Waals surface area contributed by atoms with Crippen LogP contribution >= 0.6 is 0 Å². The van der Waals surface area contributed by atoms with Crippen molar-refractivity contribution in [2.24, 2.45) is 5.92 Å². The Hall–Kier alpha value is -1.10. The van der Waals surface area contributed by atoms with E-state index >= 15 is 0 Å². The molecule has 1 unspecified atom stereocenters. The molecule has 1 aliphatic carbocycles. The summed E-state index contributed by atoms with van der Waals surface area (Å²) in [6, 6.07) is 0. The van der Waals surface area contributed by atoms with E-state index in [0.717, 1.165) is 45.2 Å². The molecule has 5 heteroatoms. The van der Waals surface area contributed by atoms with E-state index < -0.39 is 11.5 Å². The Morgan fingerprint density at radius 2 is 2.12 bits per heavy atom. The number of carbonyl (C=O) groups excluding carboxylic acids is 1. The van der Waals surface area contributed by atoms with Crippen LogP contribution < -0.4 is 10.6 Å². The summed E-state index contributed by atoms with van der Waals surface area (Å²) in [5.41, 5.74) is -0.458. The fourth-order valence-corrected chi connectivity index (χ4v) is 2.68. The average Bonchev–Trinajstić information content (AvgIpc) is 2.26. The number of aliphatic carboxylic acids is 1. The lowest BCUT2D eigenvalue weighted by Gasteiger charge is -2.42. The normalized spacial score (nSPS) is 26.9. The van der Waals surface area contributed by atoms with Crippen molar-refractivity contribution in [1.29, 1.82) is 0 Å². The standard InChI is InChI=1S/C12H20N2O3/c15-10(16)7-12(4-2-5-12)14-11(17)9-3-1-6-13-8-9/h9,13H,1-8H2,(H,14,17)(H,15,16). The molecule has 0 bridgehead atoms. The van der Waals surface area contributed by atoms with Gasteiger partial charge in [-0.3, -0.25) is 9.59 Å². The highest BCUT2D eigenvalue weighted by molar-refractivity contribution is 5.81. The van der Waals surface area contributed by atoms with Gasteiger partial charge in [0.2, 0.25) is 5.91 Å². The average molecular weight is 240 g/mol. The van der Waals surface area contributed by atoms with Crippen molar-refractivity contribution >= 4 is 11.9 Å². The van der Waals surface area contributed by atoms with E-state index in [4.69, 9.17) is 5.11 Å². The monoisotopic (exact) mass is 240 g/mol. The molecule has 5 nitrogen and oxygen atoms in total. The van der Waals surface area contributed by atoms with Crippen molar-refractivity contribution in [3.8, 4) is 0 Å². The van der Waals surface area contributed by atoms with E-state index in [2.05, 4.69) is 10.6 Å². The number of amides is 1. The molecule has 2 aliphatic rings. The molecule has 1 saturated heterocycles. The van der Waals surface area contributed by atoms with Crippen LogP contribution in [-0.4, -0.2) is 35.6 Å². The quantitative estimate of drug-likeness (QED) is 0.668. The molecule has 2 rings (SSSR count). The third-order valence-electron chi connectivity index (χ3n) is 3.86. The maximum Gasteiger partial charge on any atom is 0.305 e. The maximum absolute atomic E-state index is 12.0. The Labute approximate surface area is 101 Å². The molecule has 2 fully saturated rings. The minimum atomic E-state index is -0.827. The largest absolute Gasteiger partial charge is 0.481 e. The Bertz CT molecular complexity index is 307. The molecule has 0 aromatic heterocycles. The van der Waals surface area contributed by atoms with Crippen LogP contribution in [0.4, 0.5) is 0 Å². The minimum absolute atomic E-state index is 0.00928. The summed E-state index contributed by atoms with van der Waals surface area (Å²) in [5, 5.41) is 15.0. The number of carboxylic acid groups (broad SMARTS) is 1. The number of carboxylic acids is 1. The summed E-state index contributed by atoms with van der Waals surface area (Å²) in [4.78, 5) is 22.8. The van der Waals surface area contributed by atoms with E-state index in [1.54, 1.807) is 0 Å². The van der Waals surface area contributed by atoms with E-state index in [-0.39, 0.29) is 18.2 Å². The Kier molecular flexibility index (Phi) is 3.66. The van der Waals surface area contributed by atoms with Gasteiger partial charge in [-0.2, -0.15) is 0 Å². The SMILES string of the molecule is O=C(O)CC1(NC(=O)C2CCCNC2)CCC1. The summed E-state index contributed by atoms with van der Waals surface area (Å²) in [5.74, 6) is -0.792. The van der Waals surface area contributed by atoms with Crippen LogP contribution in [0.15, 0.2) is 0 Å². The van der Waals surface area contributed by atoms with Crippen LogP contribution in [0.25, 0.3) is 0 Å². The second-order valence-corrected chi connectivity index (χ2v) is 5.24. The predicted molar refractivity (Wildman–Crippen MR) is 62.6 cm³/mol. The van der Waals surface area contributed by atoms with Crippen molar-refractivity contribution in [3.63, 3.8) is 0 Å². The van der Waals surface area contributed by atoms with E-state index in [0.29, 0.717) is 0 Å². The molecule has 1 heterocycles. The first-order valence-corrected chi connectivity index (χ1v) is 6.36. The van der Waals surface area contributed by atoms with Crippen LogP contribution in [-0.2, 0) is 9.59 Å². The van der Waals surface area contributed by atoms with Gasteiger partial charge in [-0.05, 0) is 38.6 Å². The van der Waals surface area contributed by atoms with Gasteiger partial charge >= 0.3 is 5.97 Å². The first-order valence-electron chi connectivity index (χ1n) is 6.36. The molecule has 0 radical (unpaired) electrons. The highest BCUT2D eigenvalue weighted by Crippen LogP contribution is 2.35. The van der Waals surface area contributed by atoms with E-state index in [1.807, 2.05) is 0 Å². The van der Waals surface area contributed by atoms with Crippen molar-refractivity contribution in [3.05, 3.63) is 0 Å². The Morgan fingerprint density at radius 3 is 2.59 bits per heavy atom. The molecule has 1 saturated carbocycles. The molecule has 0 spiro atoms. The van der Waals surface area contributed by atoms with Gasteiger partial charge in [-0.15, -0.1) is 0 Å². The van der Waals surface area contributed by atoms with Crippen LogP contribution in [0, 0.1) is 5.92 Å². The first kappa shape index (κ1) is 12.4. The summed E-state index contributed by atoms with van der Waals surface area (Å²) in [7, 11) is 0. The van der Waals surface area contributed by atoms with Crippen LogP contribution in [0.2, 0.25) is 0 Å². The van der Waals surface area contributed by atoms with Gasteiger partial charge in [0.15, 0.2) is 0 Å². The fourth-order valence-electron chi connectivity index (χ4n) is 2.68. The van der Waals surface area contributed by atoms with Gasteiger partial charge in [0.05, 0.1) is 17.9 Å². The summed E-state index contributed by atoms with van der Waals surface area (Å²) in [6.07, 6.45) is 4.58. The van der Waals surface area contributed by atoms with Crippen LogP contribution in [0.1, 0.15) is 38.5 Å². The zero-order chi connectivity index (χ0) is 12.3. The van der Waals surface area contributed by atoms with Crippen molar-refractivity contribution in [2.75, 3.05) is 13.1 Å². The summed E-state index contributed by atoms with van der Waals surface area (Å²) < 4.78 is 0. The van der Waals surface area contributed by atoms with Gasteiger partial charge < -0.3 is 15.7 Å². The van der Waals surface area contributed by atoms with Gasteiger partial charge in [0.25, 0.3) is 0 Å². The molecule has 17 heavy (non-hydrogen) atoms. The highest BCUT2D eigenvalue weighted by atomic mass is 16.4. The second-order valence-electron chi connectivity index (χ2n) is 5.24. The van der Waals surface area contributed by atoms with Gasteiger partial charge in [-0.25, -0.2) is 0 Å². The smallest absolute Gasteiger partial charge is 0.305 e. The lowest BCUT2D eigenvalue weighted by atomic mass is 9.74. The third-order valence-corrected chi connectivity index (χ3v) is 3.86. The third kappa shape index (κ3) is 2.97.